The summed E-state index contributed by atoms with van der Waals surface area (Å²) in [5.41, 5.74) is 7.87. The number of hydrogen-bond donors (Lipinski definition) is 2. The number of fused-ring (bicyclic) bond motifs is 1. The van der Waals surface area contributed by atoms with Crippen LogP contribution in [0.15, 0.2) is 60.8 Å². The number of nitrogens with zero attached hydrogens (tertiary/aromatic N) is 1. The zero-order valence-corrected chi connectivity index (χ0v) is 12.1. The number of pyridine rings is 1. The Balaban J connectivity index is 2.03. The van der Waals surface area contributed by atoms with Crippen LogP contribution in [0.5, 0.6) is 0 Å². The predicted molar refractivity (Wildman–Crippen MR) is 88.6 cm³/mol. The van der Waals surface area contributed by atoms with E-state index in [1.165, 1.54) is 5.39 Å². The molecule has 3 N–H and O–H groups in total. The molecule has 4 heteroatoms. The molecule has 0 spiro atoms. The summed E-state index contributed by atoms with van der Waals surface area (Å²) in [5, 5.41) is 5.07. The summed E-state index contributed by atoms with van der Waals surface area (Å²) in [4.78, 5) is 16.2. The predicted octanol–water partition coefficient (Wildman–Crippen LogP) is 2.59. The second-order valence-electron chi connectivity index (χ2n) is 5.00. The SMILES string of the molecule is NCCNC(=O)c1cc(-c2cccc3ccccc23)ccn1. The Morgan fingerprint density at radius 2 is 1.91 bits per heavy atom. The Hall–Kier alpha value is -2.72. The average Bonchev–Trinajstić information content (AvgIpc) is 2.59. The van der Waals surface area contributed by atoms with Crippen LogP contribution in [0.3, 0.4) is 0 Å². The van der Waals surface area contributed by atoms with E-state index in [0.29, 0.717) is 18.8 Å². The molecule has 1 heterocycles. The molecule has 0 saturated carbocycles. The fraction of sp³-hybridized carbons (Fsp3) is 0.111. The van der Waals surface area contributed by atoms with Crippen LogP contribution in [0.4, 0.5) is 0 Å². The summed E-state index contributed by atoms with van der Waals surface area (Å²) in [6, 6.07) is 18.1. The van der Waals surface area contributed by atoms with Crippen molar-refractivity contribution in [1.82, 2.24) is 10.3 Å². The lowest BCUT2D eigenvalue weighted by molar-refractivity contribution is 0.0950. The van der Waals surface area contributed by atoms with Crippen molar-refractivity contribution in [2.75, 3.05) is 13.1 Å². The number of nitrogens with one attached hydrogen (secondary N) is 1. The molecule has 0 fully saturated rings. The van der Waals surface area contributed by atoms with E-state index in [1.54, 1.807) is 6.20 Å². The van der Waals surface area contributed by atoms with Gasteiger partial charge in [0.15, 0.2) is 0 Å². The molecule has 1 aromatic heterocycles. The molecule has 4 nitrogen and oxygen atoms in total. The molecule has 22 heavy (non-hydrogen) atoms. The highest BCUT2D eigenvalue weighted by Crippen LogP contribution is 2.28. The minimum absolute atomic E-state index is 0.201. The molecule has 0 radical (unpaired) electrons. The second-order valence-corrected chi connectivity index (χ2v) is 5.00. The van der Waals surface area contributed by atoms with Gasteiger partial charge in [-0.1, -0.05) is 42.5 Å². The van der Waals surface area contributed by atoms with Gasteiger partial charge in [-0.2, -0.15) is 0 Å². The van der Waals surface area contributed by atoms with Crippen molar-refractivity contribution in [1.29, 1.82) is 0 Å². The van der Waals surface area contributed by atoms with E-state index >= 15 is 0 Å². The third-order valence-corrected chi connectivity index (χ3v) is 3.52. The summed E-state index contributed by atoms with van der Waals surface area (Å²) in [6.07, 6.45) is 1.66. The lowest BCUT2D eigenvalue weighted by atomic mass is 9.98. The highest BCUT2D eigenvalue weighted by molar-refractivity contribution is 5.98. The first-order valence-electron chi connectivity index (χ1n) is 7.22. The molecule has 3 aromatic rings. The molecule has 0 aliphatic rings. The first kappa shape index (κ1) is 14.2. The first-order valence-corrected chi connectivity index (χ1v) is 7.22. The smallest absolute Gasteiger partial charge is 0.269 e. The first-order chi connectivity index (χ1) is 10.8. The van der Waals surface area contributed by atoms with Crippen molar-refractivity contribution in [2.24, 2.45) is 5.73 Å². The molecule has 0 bridgehead atoms. The largest absolute Gasteiger partial charge is 0.349 e. The van der Waals surface area contributed by atoms with E-state index in [1.807, 2.05) is 30.3 Å². The van der Waals surface area contributed by atoms with Crippen LogP contribution >= 0.6 is 0 Å². The fourth-order valence-corrected chi connectivity index (χ4v) is 2.48. The van der Waals surface area contributed by atoms with Gasteiger partial charge >= 0.3 is 0 Å². The van der Waals surface area contributed by atoms with Crippen LogP contribution in [-0.4, -0.2) is 24.0 Å². The lowest BCUT2D eigenvalue weighted by Gasteiger charge is -2.08. The number of aromatic nitrogens is 1. The average molecular weight is 291 g/mol. The van der Waals surface area contributed by atoms with Crippen LogP contribution < -0.4 is 11.1 Å². The Morgan fingerprint density at radius 3 is 2.77 bits per heavy atom. The van der Waals surface area contributed by atoms with Gasteiger partial charge in [0.05, 0.1) is 0 Å². The van der Waals surface area contributed by atoms with E-state index in [9.17, 15) is 4.79 Å². The van der Waals surface area contributed by atoms with Crippen LogP contribution in [0, 0.1) is 0 Å². The Bertz CT molecular complexity index is 809. The zero-order chi connectivity index (χ0) is 15.4. The van der Waals surface area contributed by atoms with Gasteiger partial charge in [-0.3, -0.25) is 9.78 Å². The van der Waals surface area contributed by atoms with Gasteiger partial charge in [0.1, 0.15) is 5.69 Å². The van der Waals surface area contributed by atoms with Crippen molar-refractivity contribution >= 4 is 16.7 Å². The fourth-order valence-electron chi connectivity index (χ4n) is 2.48. The van der Waals surface area contributed by atoms with E-state index in [-0.39, 0.29) is 5.91 Å². The van der Waals surface area contributed by atoms with E-state index in [0.717, 1.165) is 16.5 Å². The lowest BCUT2D eigenvalue weighted by Crippen LogP contribution is -2.29. The molecule has 0 unspecified atom stereocenters. The van der Waals surface area contributed by atoms with Crippen LogP contribution in [-0.2, 0) is 0 Å². The highest BCUT2D eigenvalue weighted by Gasteiger charge is 2.09. The molecule has 1 amide bonds. The maximum Gasteiger partial charge on any atom is 0.269 e. The third kappa shape index (κ3) is 2.82. The molecular formula is C18H17N3O. The third-order valence-electron chi connectivity index (χ3n) is 3.52. The van der Waals surface area contributed by atoms with E-state index in [4.69, 9.17) is 5.73 Å². The molecule has 0 saturated heterocycles. The van der Waals surface area contributed by atoms with Crippen molar-refractivity contribution < 1.29 is 4.79 Å². The van der Waals surface area contributed by atoms with Crippen LogP contribution in [0.1, 0.15) is 10.5 Å². The number of carbonyl (C=O) groups is 1. The quantitative estimate of drug-likeness (QED) is 0.776. The van der Waals surface area contributed by atoms with Gasteiger partial charge < -0.3 is 11.1 Å². The van der Waals surface area contributed by atoms with Crippen molar-refractivity contribution in [3.8, 4) is 11.1 Å². The maximum atomic E-state index is 12.0. The summed E-state index contributed by atoms with van der Waals surface area (Å²) in [6.45, 7) is 0.855. The number of benzene rings is 2. The Morgan fingerprint density at radius 1 is 1.09 bits per heavy atom. The molecule has 110 valence electrons. The zero-order valence-electron chi connectivity index (χ0n) is 12.1. The van der Waals surface area contributed by atoms with Gasteiger partial charge in [0, 0.05) is 19.3 Å². The van der Waals surface area contributed by atoms with E-state index < -0.39 is 0 Å². The van der Waals surface area contributed by atoms with Gasteiger partial charge in [0.2, 0.25) is 0 Å². The molecular weight excluding hydrogens is 274 g/mol. The van der Waals surface area contributed by atoms with Gasteiger partial charge in [-0.05, 0) is 34.0 Å². The Kier molecular flexibility index (Phi) is 4.12. The van der Waals surface area contributed by atoms with Crippen LogP contribution in [0.25, 0.3) is 21.9 Å². The molecule has 0 atom stereocenters. The normalized spacial score (nSPS) is 10.6. The van der Waals surface area contributed by atoms with Gasteiger partial charge in [-0.25, -0.2) is 0 Å². The minimum atomic E-state index is -0.201. The van der Waals surface area contributed by atoms with Crippen LogP contribution in [0.2, 0.25) is 0 Å². The topological polar surface area (TPSA) is 68.0 Å². The van der Waals surface area contributed by atoms with E-state index in [2.05, 4.69) is 34.6 Å². The van der Waals surface area contributed by atoms with Crippen molar-refractivity contribution in [3.63, 3.8) is 0 Å². The number of amides is 1. The summed E-state index contributed by atoms with van der Waals surface area (Å²) < 4.78 is 0. The second kappa shape index (κ2) is 6.37. The van der Waals surface area contributed by atoms with Gasteiger partial charge in [0.25, 0.3) is 5.91 Å². The van der Waals surface area contributed by atoms with Crippen molar-refractivity contribution in [2.45, 2.75) is 0 Å². The van der Waals surface area contributed by atoms with Crippen molar-refractivity contribution in [3.05, 3.63) is 66.5 Å². The summed E-state index contributed by atoms with van der Waals surface area (Å²) >= 11 is 0. The molecule has 0 aliphatic carbocycles. The molecule has 3 rings (SSSR count). The number of carbonyl (C=O) groups excluding carboxylic acids is 1. The standard InChI is InChI=1S/C18H17N3O/c19-9-11-21-18(22)17-12-14(8-10-20-17)16-7-3-5-13-4-1-2-6-15(13)16/h1-8,10,12H,9,11,19H2,(H,21,22). The number of nitrogens with two attached hydrogens (primary N) is 1. The molecule has 2 aromatic carbocycles. The maximum absolute atomic E-state index is 12.0. The number of hydrogen-bond acceptors (Lipinski definition) is 3. The van der Waals surface area contributed by atoms with Gasteiger partial charge in [-0.15, -0.1) is 0 Å². The molecule has 0 aliphatic heterocycles. The summed E-state index contributed by atoms with van der Waals surface area (Å²) in [5.74, 6) is -0.201. The monoisotopic (exact) mass is 291 g/mol. The minimum Gasteiger partial charge on any atom is -0.349 e. The summed E-state index contributed by atoms with van der Waals surface area (Å²) in [7, 11) is 0. The Labute approximate surface area is 129 Å². The number of rotatable bonds is 4. The highest BCUT2D eigenvalue weighted by atomic mass is 16.1.